The number of rotatable bonds is 1. The van der Waals surface area contributed by atoms with Crippen molar-refractivity contribution in [3.63, 3.8) is 0 Å². The summed E-state index contributed by atoms with van der Waals surface area (Å²) >= 11 is 0. The minimum atomic E-state index is -0.291. The van der Waals surface area contributed by atoms with Crippen LogP contribution in [0, 0.1) is 0 Å². The third-order valence-electron chi connectivity index (χ3n) is 1.61. The van der Waals surface area contributed by atoms with Crippen LogP contribution in [0.2, 0.25) is 0 Å². The highest BCUT2D eigenvalue weighted by Crippen LogP contribution is 2.13. The molecule has 1 amide bonds. The Morgan fingerprint density at radius 3 is 2.62 bits per heavy atom. The van der Waals surface area contributed by atoms with E-state index >= 15 is 0 Å². The van der Waals surface area contributed by atoms with Crippen LogP contribution in [0.4, 0.5) is 0 Å². The third-order valence-corrected chi connectivity index (χ3v) is 1.61. The Hall–Kier alpha value is -0.570. The molecule has 46 valence electrons. The van der Waals surface area contributed by atoms with Gasteiger partial charge in [0.05, 0.1) is 12.1 Å². The highest BCUT2D eigenvalue weighted by atomic mass is 16.3. The standard InChI is InChI=1S/C5H9NO2/c1-4-5(8)2-6(4)3-7/h3-5,8H,2H2,1H3. The first-order chi connectivity index (χ1) is 3.75. The van der Waals surface area contributed by atoms with Crippen LogP contribution in [0.15, 0.2) is 0 Å². The largest absolute Gasteiger partial charge is 0.389 e. The van der Waals surface area contributed by atoms with Gasteiger partial charge >= 0.3 is 0 Å². The monoisotopic (exact) mass is 115 g/mol. The summed E-state index contributed by atoms with van der Waals surface area (Å²) in [5.41, 5.74) is 0. The molecule has 1 heterocycles. The van der Waals surface area contributed by atoms with Crippen molar-refractivity contribution in [2.75, 3.05) is 6.54 Å². The number of hydrogen-bond donors (Lipinski definition) is 1. The molecule has 1 saturated heterocycles. The lowest BCUT2D eigenvalue weighted by Crippen LogP contribution is -2.57. The van der Waals surface area contributed by atoms with E-state index in [0.29, 0.717) is 6.54 Å². The summed E-state index contributed by atoms with van der Waals surface area (Å²) in [6.07, 6.45) is 0.470. The first kappa shape index (κ1) is 5.56. The Bertz CT molecular complexity index is 105. The van der Waals surface area contributed by atoms with Gasteiger partial charge in [-0.15, -0.1) is 0 Å². The summed E-state index contributed by atoms with van der Waals surface area (Å²) in [5.74, 6) is 0. The molecule has 0 aliphatic carbocycles. The SMILES string of the molecule is CC1C(O)CN1C=O. The predicted octanol–water partition coefficient (Wildman–Crippen LogP) is -0.792. The van der Waals surface area contributed by atoms with Gasteiger partial charge in [0, 0.05) is 6.54 Å². The molecule has 0 spiro atoms. The minimum absolute atomic E-state index is 0.0347. The van der Waals surface area contributed by atoms with E-state index < -0.39 is 0 Å². The molecular weight excluding hydrogens is 106 g/mol. The molecule has 0 bridgehead atoms. The molecule has 0 saturated carbocycles. The number of hydrogen-bond acceptors (Lipinski definition) is 2. The van der Waals surface area contributed by atoms with Gasteiger partial charge in [0.15, 0.2) is 0 Å². The fraction of sp³-hybridized carbons (Fsp3) is 0.800. The number of likely N-dealkylation sites (tertiary alicyclic amines) is 1. The lowest BCUT2D eigenvalue weighted by atomic mass is 10.0. The van der Waals surface area contributed by atoms with Crippen LogP contribution in [0.1, 0.15) is 6.92 Å². The Morgan fingerprint density at radius 1 is 1.88 bits per heavy atom. The summed E-state index contributed by atoms with van der Waals surface area (Å²) in [6, 6.07) is 0.0347. The van der Waals surface area contributed by atoms with Crippen molar-refractivity contribution in [1.29, 1.82) is 0 Å². The number of aliphatic hydroxyl groups excluding tert-OH is 1. The molecule has 0 aromatic carbocycles. The van der Waals surface area contributed by atoms with E-state index in [-0.39, 0.29) is 12.1 Å². The van der Waals surface area contributed by atoms with Crippen molar-refractivity contribution in [2.24, 2.45) is 0 Å². The van der Waals surface area contributed by atoms with Gasteiger partial charge in [-0.1, -0.05) is 0 Å². The maximum Gasteiger partial charge on any atom is 0.210 e. The molecule has 1 aliphatic heterocycles. The minimum Gasteiger partial charge on any atom is -0.389 e. The zero-order valence-electron chi connectivity index (χ0n) is 4.74. The highest BCUT2D eigenvalue weighted by Gasteiger charge is 2.31. The quantitative estimate of drug-likeness (QED) is 0.455. The predicted molar refractivity (Wildman–Crippen MR) is 28.2 cm³/mol. The summed E-state index contributed by atoms with van der Waals surface area (Å²) in [5, 5.41) is 8.82. The number of amides is 1. The average Bonchev–Trinajstić information content (AvgIpc) is 1.81. The first-order valence-electron chi connectivity index (χ1n) is 2.65. The molecule has 0 aromatic heterocycles. The first-order valence-corrected chi connectivity index (χ1v) is 2.65. The number of carbonyl (C=O) groups is 1. The molecule has 1 rings (SSSR count). The molecule has 1 fully saturated rings. The average molecular weight is 115 g/mol. The van der Waals surface area contributed by atoms with E-state index in [9.17, 15) is 4.79 Å². The Kier molecular flexibility index (Phi) is 1.21. The number of β-amino-alcohol motifs (C(OH)–C–C–N with tert-alkyl or cyclic N) is 1. The number of aliphatic hydroxyl groups is 1. The van der Waals surface area contributed by atoms with Gasteiger partial charge in [-0.25, -0.2) is 0 Å². The molecular formula is C5H9NO2. The summed E-state index contributed by atoms with van der Waals surface area (Å²) in [7, 11) is 0. The van der Waals surface area contributed by atoms with Crippen LogP contribution in [-0.2, 0) is 4.79 Å². The molecule has 2 unspecified atom stereocenters. The molecule has 1 N–H and O–H groups in total. The zero-order valence-corrected chi connectivity index (χ0v) is 4.74. The van der Waals surface area contributed by atoms with E-state index in [4.69, 9.17) is 5.11 Å². The molecule has 8 heavy (non-hydrogen) atoms. The zero-order chi connectivity index (χ0) is 6.15. The van der Waals surface area contributed by atoms with Crippen molar-refractivity contribution in [1.82, 2.24) is 4.90 Å². The molecule has 3 nitrogen and oxygen atoms in total. The highest BCUT2D eigenvalue weighted by molar-refractivity contribution is 5.49. The number of nitrogens with zero attached hydrogens (tertiary/aromatic N) is 1. The Balaban J connectivity index is 2.35. The fourth-order valence-corrected chi connectivity index (χ4v) is 0.757. The lowest BCUT2D eigenvalue weighted by molar-refractivity contribution is -0.134. The molecule has 3 heteroatoms. The maximum absolute atomic E-state index is 9.96. The number of carbonyl (C=O) groups excluding carboxylic acids is 1. The van der Waals surface area contributed by atoms with E-state index in [2.05, 4.69) is 0 Å². The molecule has 0 aromatic rings. The van der Waals surface area contributed by atoms with Gasteiger partial charge in [-0.3, -0.25) is 4.79 Å². The lowest BCUT2D eigenvalue weighted by Gasteiger charge is -2.40. The molecule has 1 aliphatic rings. The van der Waals surface area contributed by atoms with Crippen molar-refractivity contribution in [3.05, 3.63) is 0 Å². The maximum atomic E-state index is 9.96. The Morgan fingerprint density at radius 2 is 2.50 bits per heavy atom. The topological polar surface area (TPSA) is 40.5 Å². The molecule has 2 atom stereocenters. The van der Waals surface area contributed by atoms with Crippen molar-refractivity contribution in [2.45, 2.75) is 19.1 Å². The Labute approximate surface area is 47.9 Å². The molecule has 0 radical (unpaired) electrons. The van der Waals surface area contributed by atoms with Crippen LogP contribution in [0.25, 0.3) is 0 Å². The second-order valence-corrected chi connectivity index (χ2v) is 2.11. The van der Waals surface area contributed by atoms with Crippen molar-refractivity contribution >= 4 is 6.41 Å². The third kappa shape index (κ3) is 0.591. The van der Waals surface area contributed by atoms with E-state index in [1.165, 1.54) is 0 Å². The van der Waals surface area contributed by atoms with Crippen LogP contribution >= 0.6 is 0 Å². The summed E-state index contributed by atoms with van der Waals surface area (Å²) in [4.78, 5) is 11.5. The van der Waals surface area contributed by atoms with Gasteiger partial charge in [0.2, 0.25) is 6.41 Å². The van der Waals surface area contributed by atoms with Crippen molar-refractivity contribution in [3.8, 4) is 0 Å². The van der Waals surface area contributed by atoms with Crippen LogP contribution in [-0.4, -0.2) is 35.1 Å². The fourth-order valence-electron chi connectivity index (χ4n) is 0.757. The van der Waals surface area contributed by atoms with Crippen LogP contribution < -0.4 is 0 Å². The van der Waals surface area contributed by atoms with Crippen LogP contribution in [0.5, 0.6) is 0 Å². The van der Waals surface area contributed by atoms with Gasteiger partial charge in [0.1, 0.15) is 0 Å². The normalized spacial score (nSPS) is 36.5. The van der Waals surface area contributed by atoms with Gasteiger partial charge in [-0.05, 0) is 6.92 Å². The van der Waals surface area contributed by atoms with E-state index in [1.54, 1.807) is 4.90 Å². The van der Waals surface area contributed by atoms with E-state index in [1.807, 2.05) is 6.92 Å². The summed E-state index contributed by atoms with van der Waals surface area (Å²) in [6.45, 7) is 2.33. The second kappa shape index (κ2) is 1.74. The van der Waals surface area contributed by atoms with Gasteiger partial charge < -0.3 is 10.0 Å². The van der Waals surface area contributed by atoms with Gasteiger partial charge in [0.25, 0.3) is 0 Å². The summed E-state index contributed by atoms with van der Waals surface area (Å²) < 4.78 is 0. The second-order valence-electron chi connectivity index (χ2n) is 2.11. The van der Waals surface area contributed by atoms with Gasteiger partial charge in [-0.2, -0.15) is 0 Å². The van der Waals surface area contributed by atoms with E-state index in [0.717, 1.165) is 6.41 Å². The van der Waals surface area contributed by atoms with Crippen molar-refractivity contribution < 1.29 is 9.90 Å². The smallest absolute Gasteiger partial charge is 0.210 e. The van der Waals surface area contributed by atoms with Crippen LogP contribution in [0.3, 0.4) is 0 Å².